The van der Waals surface area contributed by atoms with Crippen molar-refractivity contribution in [3.63, 3.8) is 0 Å². The lowest BCUT2D eigenvalue weighted by molar-refractivity contribution is -0.113. The van der Waals surface area contributed by atoms with Crippen LogP contribution in [0.2, 0.25) is 0 Å². The first kappa shape index (κ1) is 23.1. The second kappa shape index (κ2) is 9.85. The maximum Gasteiger partial charge on any atom is 0.236 e. The van der Waals surface area contributed by atoms with Crippen LogP contribution in [0.3, 0.4) is 0 Å². The zero-order chi connectivity index (χ0) is 24.2. The highest BCUT2D eigenvalue weighted by Gasteiger charge is 2.21. The van der Waals surface area contributed by atoms with Gasteiger partial charge >= 0.3 is 0 Å². The first-order valence-corrected chi connectivity index (χ1v) is 11.6. The molecule has 0 aliphatic rings. The summed E-state index contributed by atoms with van der Waals surface area (Å²) < 4.78 is 9.16. The first-order valence-electron chi connectivity index (χ1n) is 10.6. The van der Waals surface area contributed by atoms with Crippen molar-refractivity contribution in [1.82, 2.24) is 19.3 Å². The minimum Gasteiger partial charge on any atom is -0.496 e. The molecule has 2 aromatic heterocycles. The molecule has 34 heavy (non-hydrogen) atoms. The van der Waals surface area contributed by atoms with Crippen molar-refractivity contribution in [2.75, 3.05) is 18.2 Å². The molecule has 0 saturated carbocycles. The summed E-state index contributed by atoms with van der Waals surface area (Å²) in [6, 6.07) is 19.5. The molecule has 8 nitrogen and oxygen atoms in total. The van der Waals surface area contributed by atoms with E-state index < -0.39 is 0 Å². The fraction of sp³-hybridized carbons (Fsp3) is 0.200. The number of nitrogens with one attached hydrogen (secondary N) is 1. The summed E-state index contributed by atoms with van der Waals surface area (Å²) in [5, 5.41) is 21.8. The van der Waals surface area contributed by atoms with Gasteiger partial charge in [0, 0.05) is 18.4 Å². The summed E-state index contributed by atoms with van der Waals surface area (Å²) in [6.45, 7) is 3.82. The minimum absolute atomic E-state index is 0.112. The Labute approximate surface area is 202 Å². The summed E-state index contributed by atoms with van der Waals surface area (Å²) in [5.41, 5.74) is 3.89. The summed E-state index contributed by atoms with van der Waals surface area (Å²) in [5.74, 6) is 1.70. The average Bonchev–Trinajstić information content (AvgIpc) is 3.34. The van der Waals surface area contributed by atoms with Gasteiger partial charge in [-0.05, 0) is 43.7 Å². The summed E-state index contributed by atoms with van der Waals surface area (Å²) in [4.78, 5) is 12.9. The Morgan fingerprint density at radius 2 is 1.82 bits per heavy atom. The van der Waals surface area contributed by atoms with Crippen LogP contribution >= 0.6 is 11.8 Å². The van der Waals surface area contributed by atoms with Gasteiger partial charge in [0.15, 0.2) is 11.0 Å². The number of carbonyl (C=O) groups is 1. The Kier molecular flexibility index (Phi) is 6.70. The van der Waals surface area contributed by atoms with Crippen molar-refractivity contribution in [3.8, 4) is 28.9 Å². The third-order valence-electron chi connectivity index (χ3n) is 5.61. The molecule has 0 radical (unpaired) electrons. The average molecular weight is 473 g/mol. The number of methoxy groups -OCH3 is 1. The van der Waals surface area contributed by atoms with Gasteiger partial charge in [0.05, 0.1) is 24.0 Å². The van der Waals surface area contributed by atoms with E-state index in [4.69, 9.17) is 4.74 Å². The van der Waals surface area contributed by atoms with Gasteiger partial charge in [0.25, 0.3) is 0 Å². The number of para-hydroxylation sites is 2. The summed E-state index contributed by atoms with van der Waals surface area (Å²) in [6.07, 6.45) is 0. The summed E-state index contributed by atoms with van der Waals surface area (Å²) >= 11 is 1.27. The molecule has 1 amide bonds. The lowest BCUT2D eigenvalue weighted by Gasteiger charge is -2.13. The fourth-order valence-electron chi connectivity index (χ4n) is 3.76. The smallest absolute Gasteiger partial charge is 0.236 e. The van der Waals surface area contributed by atoms with Crippen molar-refractivity contribution in [3.05, 3.63) is 71.4 Å². The number of amides is 1. The van der Waals surface area contributed by atoms with Gasteiger partial charge in [0.1, 0.15) is 17.6 Å². The van der Waals surface area contributed by atoms with Gasteiger partial charge in [-0.15, -0.1) is 10.2 Å². The number of nitrogens with zero attached hydrogens (tertiary/aromatic N) is 5. The number of hydrogen-bond donors (Lipinski definition) is 1. The molecule has 1 N–H and O–H groups in total. The number of ether oxygens (including phenoxy) is 1. The minimum atomic E-state index is -0.238. The number of thioether (sulfide) groups is 1. The molecule has 0 spiro atoms. The fourth-order valence-corrected chi connectivity index (χ4v) is 4.47. The Balaban J connectivity index is 1.55. The van der Waals surface area contributed by atoms with E-state index in [-0.39, 0.29) is 11.7 Å². The van der Waals surface area contributed by atoms with Crippen LogP contribution in [0.5, 0.6) is 5.75 Å². The van der Waals surface area contributed by atoms with E-state index in [1.165, 1.54) is 11.8 Å². The van der Waals surface area contributed by atoms with Crippen molar-refractivity contribution in [1.29, 1.82) is 5.26 Å². The van der Waals surface area contributed by atoms with E-state index >= 15 is 0 Å². The molecule has 0 fully saturated rings. The molecule has 0 atom stereocenters. The van der Waals surface area contributed by atoms with Gasteiger partial charge in [-0.25, -0.2) is 0 Å². The molecule has 4 rings (SSSR count). The number of rotatable bonds is 7. The maximum absolute atomic E-state index is 12.9. The molecule has 2 aromatic carbocycles. The van der Waals surface area contributed by atoms with Crippen LogP contribution in [0.25, 0.3) is 17.1 Å². The van der Waals surface area contributed by atoms with Crippen LogP contribution < -0.4 is 10.1 Å². The highest BCUT2D eigenvalue weighted by molar-refractivity contribution is 7.99. The maximum atomic E-state index is 12.9. The lowest BCUT2D eigenvalue weighted by Crippen LogP contribution is -2.18. The number of carbonyl (C=O) groups excluding carboxylic acids is 1. The number of benzene rings is 2. The van der Waals surface area contributed by atoms with Gasteiger partial charge in [-0.3, -0.25) is 9.36 Å². The van der Waals surface area contributed by atoms with Crippen molar-refractivity contribution >= 4 is 23.5 Å². The monoisotopic (exact) mass is 472 g/mol. The van der Waals surface area contributed by atoms with Gasteiger partial charge < -0.3 is 14.6 Å². The number of aromatic nitrogens is 4. The standard InChI is InChI=1S/C25H24N6O2S/c1-16-17(2)31(18-10-6-5-7-11-18)23(20(16)14-26)27-22(32)15-34-25-29-28-24(30(25)3)19-12-8-9-13-21(19)33-4/h5-13H,15H2,1-4H3,(H,27,32). The largest absolute Gasteiger partial charge is 0.496 e. The topological polar surface area (TPSA) is 97.8 Å². The van der Waals surface area contributed by atoms with Crippen LogP contribution in [-0.4, -0.2) is 38.1 Å². The third-order valence-corrected chi connectivity index (χ3v) is 6.63. The Hall–Kier alpha value is -4.03. The molecule has 0 bridgehead atoms. The number of anilines is 1. The summed E-state index contributed by atoms with van der Waals surface area (Å²) in [7, 11) is 3.46. The second-order valence-electron chi connectivity index (χ2n) is 7.62. The van der Waals surface area contributed by atoms with Crippen molar-refractivity contribution < 1.29 is 9.53 Å². The molecule has 9 heteroatoms. The van der Waals surface area contributed by atoms with Crippen molar-refractivity contribution in [2.24, 2.45) is 7.05 Å². The van der Waals surface area contributed by atoms with Gasteiger partial charge in [0.2, 0.25) is 5.91 Å². The molecule has 172 valence electrons. The van der Waals surface area contributed by atoms with Gasteiger partial charge in [-0.2, -0.15) is 5.26 Å². The number of nitriles is 1. The highest BCUT2D eigenvalue weighted by Crippen LogP contribution is 2.31. The Morgan fingerprint density at radius 1 is 1.12 bits per heavy atom. The van der Waals surface area contributed by atoms with E-state index in [1.54, 1.807) is 7.11 Å². The Morgan fingerprint density at radius 3 is 2.53 bits per heavy atom. The van der Waals surface area contributed by atoms with Crippen LogP contribution in [0.15, 0.2) is 59.8 Å². The van der Waals surface area contributed by atoms with Crippen LogP contribution in [0.4, 0.5) is 5.82 Å². The third kappa shape index (κ3) is 4.28. The molecular formula is C25H24N6O2S. The van der Waals surface area contributed by atoms with E-state index in [9.17, 15) is 10.1 Å². The van der Waals surface area contributed by atoms with E-state index in [1.807, 2.05) is 84.6 Å². The zero-order valence-corrected chi connectivity index (χ0v) is 20.2. The van der Waals surface area contributed by atoms with E-state index in [0.29, 0.717) is 28.1 Å². The zero-order valence-electron chi connectivity index (χ0n) is 19.4. The predicted molar refractivity (Wildman–Crippen MR) is 132 cm³/mol. The van der Waals surface area contributed by atoms with Gasteiger partial charge in [-0.1, -0.05) is 42.1 Å². The quantitative estimate of drug-likeness (QED) is 0.398. The molecule has 0 saturated heterocycles. The molecule has 4 aromatic rings. The normalized spacial score (nSPS) is 10.7. The molecule has 2 heterocycles. The van der Waals surface area contributed by atoms with Crippen LogP contribution in [0, 0.1) is 25.2 Å². The molecule has 0 aliphatic carbocycles. The van der Waals surface area contributed by atoms with Crippen LogP contribution in [0.1, 0.15) is 16.8 Å². The molecular weight excluding hydrogens is 448 g/mol. The Bertz CT molecular complexity index is 1380. The van der Waals surface area contributed by atoms with Crippen molar-refractivity contribution in [2.45, 2.75) is 19.0 Å². The lowest BCUT2D eigenvalue weighted by atomic mass is 10.2. The number of hydrogen-bond acceptors (Lipinski definition) is 6. The highest BCUT2D eigenvalue weighted by atomic mass is 32.2. The van der Waals surface area contributed by atoms with E-state index in [0.717, 1.165) is 22.5 Å². The first-order chi connectivity index (χ1) is 16.5. The molecule has 0 aliphatic heterocycles. The van der Waals surface area contributed by atoms with E-state index in [2.05, 4.69) is 21.6 Å². The van der Waals surface area contributed by atoms with Crippen LogP contribution in [-0.2, 0) is 11.8 Å². The molecule has 0 unspecified atom stereocenters. The predicted octanol–water partition coefficient (Wildman–Crippen LogP) is 4.50. The second-order valence-corrected chi connectivity index (χ2v) is 8.56. The SMILES string of the molecule is COc1ccccc1-c1nnc(SCC(=O)Nc2c(C#N)c(C)c(C)n2-c2ccccc2)n1C.